The van der Waals surface area contributed by atoms with E-state index in [1.165, 1.54) is 125 Å². The average molecular weight is 1310 g/mol. The molecular formula is C50H78Cl5N13O11S3. The Morgan fingerprint density at radius 2 is 0.902 bits per heavy atom. The highest BCUT2D eigenvalue weighted by molar-refractivity contribution is 8.13. The lowest BCUT2D eigenvalue weighted by Gasteiger charge is -2.39. The lowest BCUT2D eigenvalue weighted by atomic mass is 10.0. The van der Waals surface area contributed by atoms with Crippen LogP contribution in [-0.2, 0) is 29.1 Å². The van der Waals surface area contributed by atoms with Crippen LogP contribution in [0.5, 0.6) is 0 Å². The number of alkyl halides is 2. The van der Waals surface area contributed by atoms with Gasteiger partial charge in [-0.1, -0.05) is 54.7 Å². The standard InChI is InChI=1S/C16H22ClN3O4S.C16H23N5O3S.C10H20N2.C6H3Cl2NO4S.CH2Cl2.CH4.H4N2/c17-15-5-4-14(12-16(15)20(21)22)25(23,24)19-10-6-13(7-11-19)18-8-2-1-3-9-18;22-21-16-12-14(4-5-15(16)17-18-21)25(23,24)20-10-6-13(7-11-20)19-8-2-1-3-9-19;1-2-8-12(9-3-1)10-4-6-11-7-5-10;7-5-2-1-4(14(8,12)13)3-6(5)9(10)11;2-1-3;;1-2/h4-5,12-13H,1-3,6-11H2;4-5,12-13,22H,1-3,6-11H2;10-11H,1-9H2;1-3H;1H2;1H4;1-2H2. The third-order valence-electron chi connectivity index (χ3n) is 15.1. The van der Waals surface area contributed by atoms with E-state index in [4.69, 9.17) is 57.1 Å². The van der Waals surface area contributed by atoms with Crippen LogP contribution in [0.15, 0.2) is 69.3 Å². The number of aromatic nitrogens is 3. The largest absolute Gasteiger partial charge is 0.410 e. The lowest BCUT2D eigenvalue weighted by molar-refractivity contribution is -0.385. The quantitative estimate of drug-likeness (QED) is 0.0289. The zero-order chi connectivity index (χ0) is 59.3. The number of nitrogens with two attached hydrogens (primary N) is 2. The first kappa shape index (κ1) is 71.1. The van der Waals surface area contributed by atoms with E-state index in [0.717, 1.165) is 82.2 Å². The van der Waals surface area contributed by atoms with Crippen LogP contribution in [0.2, 0.25) is 10.0 Å². The van der Waals surface area contributed by atoms with Crippen molar-refractivity contribution in [3.05, 3.63) is 84.9 Å². The van der Waals surface area contributed by atoms with Crippen molar-refractivity contribution in [2.45, 2.75) is 137 Å². The van der Waals surface area contributed by atoms with Crippen LogP contribution in [0.25, 0.3) is 11.0 Å². The number of hydrogen-bond acceptors (Lipinski definition) is 19. The van der Waals surface area contributed by atoms with Crippen molar-refractivity contribution in [2.24, 2.45) is 11.7 Å². The maximum Gasteiger partial charge on any atom is 0.289 e. The Hall–Kier alpha value is -3.36. The van der Waals surface area contributed by atoms with Gasteiger partial charge in [-0.2, -0.15) is 8.61 Å². The second kappa shape index (κ2) is 34.7. The van der Waals surface area contributed by atoms with Gasteiger partial charge in [0.15, 0.2) is 0 Å². The molecule has 0 radical (unpaired) electrons. The summed E-state index contributed by atoms with van der Waals surface area (Å²) in [5.41, 5.74) is -0.117. The summed E-state index contributed by atoms with van der Waals surface area (Å²) in [4.78, 5) is 28.0. The van der Waals surface area contributed by atoms with Crippen molar-refractivity contribution in [1.29, 1.82) is 0 Å². The summed E-state index contributed by atoms with van der Waals surface area (Å²) in [5, 5.41) is 41.7. The maximum atomic E-state index is 12.9. The van der Waals surface area contributed by atoms with Gasteiger partial charge in [-0.15, -0.1) is 28.3 Å². The van der Waals surface area contributed by atoms with Crippen LogP contribution in [-0.4, -0.2) is 181 Å². The molecule has 0 amide bonds. The predicted octanol–water partition coefficient (Wildman–Crippen LogP) is 8.47. The number of nitrogens with zero attached hydrogens (tertiary/aromatic N) is 10. The Morgan fingerprint density at radius 3 is 1.28 bits per heavy atom. The van der Waals surface area contributed by atoms with Gasteiger partial charge in [-0.05, 0) is 177 Å². The first-order chi connectivity index (χ1) is 38.6. The van der Waals surface area contributed by atoms with Gasteiger partial charge in [0.05, 0.1) is 29.9 Å². The van der Waals surface area contributed by atoms with Crippen molar-refractivity contribution in [1.82, 2.24) is 43.8 Å². The maximum absolute atomic E-state index is 12.9. The highest BCUT2D eigenvalue weighted by Crippen LogP contribution is 2.32. The van der Waals surface area contributed by atoms with Gasteiger partial charge in [0, 0.05) is 67.1 Å². The molecule has 0 spiro atoms. The Labute approximate surface area is 506 Å². The molecule has 0 aliphatic carbocycles. The van der Waals surface area contributed by atoms with E-state index in [9.17, 15) is 50.7 Å². The number of halogens is 5. The van der Waals surface area contributed by atoms with Gasteiger partial charge >= 0.3 is 0 Å². The monoisotopic (exact) mass is 1310 g/mol. The first-order valence-corrected chi connectivity index (χ1v) is 33.9. The molecule has 3 aromatic carbocycles. The molecule has 82 heavy (non-hydrogen) atoms. The molecule has 4 aromatic rings. The van der Waals surface area contributed by atoms with Crippen molar-refractivity contribution >= 4 is 109 Å². The highest BCUT2D eigenvalue weighted by atomic mass is 35.7. The fraction of sp³-hybridized carbons (Fsp3) is 0.640. The summed E-state index contributed by atoms with van der Waals surface area (Å²) in [6.07, 6.45) is 17.9. The molecule has 7 heterocycles. The molecule has 10 rings (SSSR count). The first-order valence-electron chi connectivity index (χ1n) is 26.9. The molecule has 0 saturated carbocycles. The minimum atomic E-state index is -3.97. The number of hydrazine groups is 1. The molecule has 0 unspecified atom stereocenters. The minimum absolute atomic E-state index is 0. The smallest absolute Gasteiger partial charge is 0.289 e. The third-order valence-corrected chi connectivity index (χ3v) is 20.8. The summed E-state index contributed by atoms with van der Waals surface area (Å²) < 4.78 is 76.1. The van der Waals surface area contributed by atoms with Crippen LogP contribution in [0.4, 0.5) is 11.4 Å². The number of likely N-dealkylation sites (tertiary alicyclic amines) is 3. The number of rotatable bonds is 10. The van der Waals surface area contributed by atoms with E-state index < -0.39 is 44.6 Å². The van der Waals surface area contributed by atoms with E-state index in [1.54, 1.807) is 10.4 Å². The summed E-state index contributed by atoms with van der Waals surface area (Å²) in [6, 6.07) is 13.0. The zero-order valence-corrected chi connectivity index (χ0v) is 51.2. The number of nitro groups is 2. The summed E-state index contributed by atoms with van der Waals surface area (Å²) in [7, 11) is -6.28. The molecule has 24 nitrogen and oxygen atoms in total. The summed E-state index contributed by atoms with van der Waals surface area (Å²) in [5.74, 6) is 8.00. The van der Waals surface area contributed by atoms with Crippen molar-refractivity contribution in [3.63, 3.8) is 0 Å². The molecule has 6 fully saturated rings. The van der Waals surface area contributed by atoms with Crippen LogP contribution >= 0.6 is 57.1 Å². The molecule has 462 valence electrons. The van der Waals surface area contributed by atoms with Crippen molar-refractivity contribution in [3.8, 4) is 0 Å². The number of fused-ring (bicyclic) bond motifs is 1. The van der Waals surface area contributed by atoms with Gasteiger partial charge in [0.1, 0.15) is 21.1 Å². The zero-order valence-electron chi connectivity index (χ0n) is 45.0. The third kappa shape index (κ3) is 20.4. The number of piperidine rings is 6. The number of sulfonamides is 2. The van der Waals surface area contributed by atoms with E-state index in [1.807, 2.05) is 0 Å². The summed E-state index contributed by atoms with van der Waals surface area (Å²) >= 11 is 20.8. The van der Waals surface area contributed by atoms with Gasteiger partial charge in [-0.25, -0.2) is 25.3 Å². The number of nitrogens with one attached hydrogen (secondary N) is 1. The molecule has 6 saturated heterocycles. The van der Waals surface area contributed by atoms with Crippen LogP contribution in [0.1, 0.15) is 104 Å². The lowest BCUT2D eigenvalue weighted by Crippen LogP contribution is -2.48. The van der Waals surface area contributed by atoms with E-state index in [0.29, 0.717) is 54.1 Å². The number of nitro benzene ring substituents is 2. The Balaban J connectivity index is 0.000000237. The summed E-state index contributed by atoms with van der Waals surface area (Å²) in [6.45, 7) is 11.7. The normalized spacial score (nSPS) is 19.6. The molecule has 0 bridgehead atoms. The Morgan fingerprint density at radius 1 is 0.561 bits per heavy atom. The Kier molecular flexibility index (Phi) is 30.1. The Bertz CT molecular complexity index is 2960. The second-order valence-corrected chi connectivity index (χ2v) is 28.0. The van der Waals surface area contributed by atoms with Crippen LogP contribution in [0, 0.1) is 20.2 Å². The molecule has 6 aliphatic rings. The van der Waals surface area contributed by atoms with E-state index >= 15 is 0 Å². The van der Waals surface area contributed by atoms with Gasteiger partial charge < -0.3 is 25.2 Å². The van der Waals surface area contributed by atoms with E-state index in [-0.39, 0.29) is 43.2 Å². The van der Waals surface area contributed by atoms with Gasteiger partial charge in [0.2, 0.25) is 20.0 Å². The van der Waals surface area contributed by atoms with Crippen LogP contribution < -0.4 is 17.0 Å². The van der Waals surface area contributed by atoms with Gasteiger partial charge in [-0.3, -0.25) is 31.9 Å². The highest BCUT2D eigenvalue weighted by Gasteiger charge is 2.35. The van der Waals surface area contributed by atoms with Crippen LogP contribution in [0.3, 0.4) is 0 Å². The topological polar surface area (TPSA) is 320 Å². The fourth-order valence-corrected chi connectivity index (χ4v) is 15.0. The SMILES string of the molecule is C.C1CCN(C2CCNCC2)CC1.ClCCl.NN.O=S(=O)(c1ccc2nnn(O)c2c1)N1CCC(N2CCCCC2)CC1.O=[N+]([O-])c1cc(S(=O)(=O)Cl)ccc1Cl.O=[N+]([O-])c1cc(S(=O)(=O)N2CCC(N3CCCCC3)CC2)ccc1Cl. The average Bonchev–Trinajstić information content (AvgIpc) is 3.89. The number of hydrogen-bond donors (Lipinski definition) is 4. The minimum Gasteiger partial charge on any atom is -0.410 e. The van der Waals surface area contributed by atoms with E-state index in [2.05, 4.69) is 42.0 Å². The van der Waals surface area contributed by atoms with Crippen molar-refractivity contribution in [2.75, 3.05) is 83.9 Å². The number of benzene rings is 3. The molecule has 1 aromatic heterocycles. The van der Waals surface area contributed by atoms with Gasteiger partial charge in [0.25, 0.3) is 20.4 Å². The molecule has 6 aliphatic heterocycles. The fourth-order valence-electron chi connectivity index (χ4n) is 10.8. The van der Waals surface area contributed by atoms with Crippen molar-refractivity contribution < 1.29 is 40.3 Å². The molecule has 0 atom stereocenters. The predicted molar refractivity (Wildman–Crippen MR) is 321 cm³/mol. The molecule has 6 N–H and O–H groups in total. The second-order valence-electron chi connectivity index (χ2n) is 20.0. The molecular weight excluding hydrogens is 1230 g/mol. The molecule has 32 heteroatoms.